The van der Waals surface area contributed by atoms with Gasteiger partial charge >= 0.3 is 11.7 Å². The van der Waals surface area contributed by atoms with Gasteiger partial charge in [-0.2, -0.15) is 4.98 Å². The lowest BCUT2D eigenvalue weighted by Gasteiger charge is -2.12. The Hall–Kier alpha value is -3.03. The molecule has 3 rings (SSSR count). The van der Waals surface area contributed by atoms with Crippen LogP contribution in [0.4, 0.5) is 0 Å². The Labute approximate surface area is 169 Å². The van der Waals surface area contributed by atoms with Gasteiger partial charge in [0, 0.05) is 26.2 Å². The van der Waals surface area contributed by atoms with E-state index in [-0.39, 0.29) is 17.3 Å². The zero-order valence-corrected chi connectivity index (χ0v) is 17.6. The van der Waals surface area contributed by atoms with Crippen LogP contribution in [-0.2, 0) is 20.1 Å². The van der Waals surface area contributed by atoms with E-state index in [4.69, 9.17) is 9.47 Å². The molecule has 156 valence electrons. The molecule has 2 heterocycles. The zero-order valence-electron chi connectivity index (χ0n) is 17.6. The van der Waals surface area contributed by atoms with Crippen LogP contribution in [0.15, 0.2) is 33.9 Å². The monoisotopic (exact) mass is 400 g/mol. The van der Waals surface area contributed by atoms with Crippen molar-refractivity contribution in [1.82, 2.24) is 18.7 Å². The van der Waals surface area contributed by atoms with E-state index in [0.29, 0.717) is 48.1 Å². The molecule has 0 unspecified atom stereocenters. The molecule has 0 saturated carbocycles. The second-order valence-corrected chi connectivity index (χ2v) is 7.48. The van der Waals surface area contributed by atoms with Crippen LogP contribution in [-0.4, -0.2) is 25.8 Å². The Morgan fingerprint density at radius 3 is 2.48 bits per heavy atom. The molecule has 0 aliphatic carbocycles. The summed E-state index contributed by atoms with van der Waals surface area (Å²) in [6, 6.07) is 7.47. The molecule has 2 aromatic heterocycles. The lowest BCUT2D eigenvalue weighted by molar-refractivity contribution is 0.389. The number of methoxy groups -OCH3 is 1. The first-order valence-corrected chi connectivity index (χ1v) is 9.89. The quantitative estimate of drug-likeness (QED) is 0.580. The molecule has 1 aromatic carbocycles. The van der Waals surface area contributed by atoms with Crippen molar-refractivity contribution >= 4 is 11.2 Å². The van der Waals surface area contributed by atoms with Crippen LogP contribution in [0.25, 0.3) is 11.2 Å². The number of aromatic nitrogens is 4. The van der Waals surface area contributed by atoms with Gasteiger partial charge in [0.05, 0.1) is 7.11 Å². The minimum Gasteiger partial charge on any atom is -0.497 e. The Bertz CT molecular complexity index is 1120. The lowest BCUT2D eigenvalue weighted by Crippen LogP contribution is -2.39. The molecule has 29 heavy (non-hydrogen) atoms. The maximum atomic E-state index is 13.1. The molecule has 0 saturated heterocycles. The van der Waals surface area contributed by atoms with Gasteiger partial charge < -0.3 is 9.47 Å². The number of nitrogens with zero attached hydrogens (tertiary/aromatic N) is 4. The first-order valence-electron chi connectivity index (χ1n) is 9.89. The van der Waals surface area contributed by atoms with Crippen molar-refractivity contribution in [2.45, 2.75) is 46.7 Å². The highest BCUT2D eigenvalue weighted by molar-refractivity contribution is 5.72. The summed E-state index contributed by atoms with van der Waals surface area (Å²) in [5, 5.41) is 0. The maximum absolute atomic E-state index is 13.1. The number of imidazole rings is 1. The third-order valence-corrected chi connectivity index (χ3v) is 4.83. The molecule has 0 aliphatic rings. The zero-order chi connectivity index (χ0) is 21.1. The van der Waals surface area contributed by atoms with Gasteiger partial charge in [0.25, 0.3) is 5.56 Å². The second kappa shape index (κ2) is 8.55. The molecular weight excluding hydrogens is 372 g/mol. The van der Waals surface area contributed by atoms with Gasteiger partial charge in [-0.25, -0.2) is 4.79 Å². The summed E-state index contributed by atoms with van der Waals surface area (Å²) in [6.07, 6.45) is 1.53. The number of hydrogen-bond acceptors (Lipinski definition) is 5. The molecule has 8 nitrogen and oxygen atoms in total. The number of hydrogen-bond donors (Lipinski definition) is 0. The summed E-state index contributed by atoms with van der Waals surface area (Å²) < 4.78 is 15.7. The highest BCUT2D eigenvalue weighted by Gasteiger charge is 2.21. The van der Waals surface area contributed by atoms with Gasteiger partial charge in [0.1, 0.15) is 11.5 Å². The Kier molecular flexibility index (Phi) is 6.10. The van der Waals surface area contributed by atoms with Gasteiger partial charge in [-0.15, -0.1) is 0 Å². The van der Waals surface area contributed by atoms with Gasteiger partial charge in [0.2, 0.25) is 0 Å². The Morgan fingerprint density at radius 2 is 1.83 bits per heavy atom. The summed E-state index contributed by atoms with van der Waals surface area (Å²) in [4.78, 5) is 30.3. The summed E-state index contributed by atoms with van der Waals surface area (Å²) in [5.41, 5.74) is 0.0144. The van der Waals surface area contributed by atoms with E-state index >= 15 is 0 Å². The normalized spacial score (nSPS) is 11.4. The number of fused-ring (bicyclic) bond motifs is 1. The van der Waals surface area contributed by atoms with E-state index in [1.54, 1.807) is 30.9 Å². The van der Waals surface area contributed by atoms with E-state index in [2.05, 4.69) is 18.8 Å². The highest BCUT2D eigenvalue weighted by Crippen LogP contribution is 2.27. The molecule has 3 aromatic rings. The SMILES string of the molecule is CCCn1c(=O)c2c(nc(Oc3cccc(OC)c3)n2CCC(C)C)n(C)c1=O. The average molecular weight is 400 g/mol. The minimum atomic E-state index is -0.370. The van der Waals surface area contributed by atoms with Crippen LogP contribution in [0.3, 0.4) is 0 Å². The number of rotatable bonds is 8. The molecule has 0 aliphatic heterocycles. The predicted octanol–water partition coefficient (Wildman–Crippen LogP) is 3.15. The minimum absolute atomic E-state index is 0.287. The fraction of sp³-hybridized carbons (Fsp3) is 0.476. The van der Waals surface area contributed by atoms with Crippen molar-refractivity contribution in [2.75, 3.05) is 7.11 Å². The summed E-state index contributed by atoms with van der Waals surface area (Å²) in [5.74, 6) is 1.64. The average Bonchev–Trinajstić information content (AvgIpc) is 3.06. The molecule has 0 atom stereocenters. The van der Waals surface area contributed by atoms with E-state index < -0.39 is 0 Å². The molecule has 0 spiro atoms. The second-order valence-electron chi connectivity index (χ2n) is 7.48. The van der Waals surface area contributed by atoms with Crippen LogP contribution in [0.1, 0.15) is 33.6 Å². The van der Waals surface area contributed by atoms with Crippen LogP contribution in [0.5, 0.6) is 17.5 Å². The van der Waals surface area contributed by atoms with Gasteiger partial charge in [-0.3, -0.25) is 18.5 Å². The Morgan fingerprint density at radius 1 is 1.10 bits per heavy atom. The van der Waals surface area contributed by atoms with Gasteiger partial charge in [0.15, 0.2) is 11.2 Å². The molecule has 0 N–H and O–H groups in total. The number of aryl methyl sites for hydroxylation is 2. The first kappa shape index (κ1) is 20.7. The number of benzene rings is 1. The van der Waals surface area contributed by atoms with E-state index in [0.717, 1.165) is 6.42 Å². The lowest BCUT2D eigenvalue weighted by atomic mass is 10.1. The molecular formula is C21H28N4O4. The van der Waals surface area contributed by atoms with Crippen LogP contribution < -0.4 is 20.7 Å². The third kappa shape index (κ3) is 4.06. The van der Waals surface area contributed by atoms with E-state index in [9.17, 15) is 9.59 Å². The largest absolute Gasteiger partial charge is 0.497 e. The van der Waals surface area contributed by atoms with Crippen LogP contribution in [0.2, 0.25) is 0 Å². The molecule has 8 heteroatoms. The van der Waals surface area contributed by atoms with Crippen molar-refractivity contribution in [3.63, 3.8) is 0 Å². The van der Waals surface area contributed by atoms with Crippen LogP contribution in [0, 0.1) is 5.92 Å². The van der Waals surface area contributed by atoms with E-state index in [1.807, 2.05) is 19.1 Å². The summed E-state index contributed by atoms with van der Waals surface area (Å²) in [6.45, 7) is 7.10. The fourth-order valence-electron chi connectivity index (χ4n) is 3.22. The molecule has 0 amide bonds. The predicted molar refractivity (Wildman–Crippen MR) is 112 cm³/mol. The molecule has 0 radical (unpaired) electrons. The van der Waals surface area contributed by atoms with Crippen molar-refractivity contribution in [1.29, 1.82) is 0 Å². The van der Waals surface area contributed by atoms with E-state index in [1.165, 1.54) is 9.13 Å². The first-order chi connectivity index (χ1) is 13.9. The molecule has 0 fully saturated rings. The Balaban J connectivity index is 2.21. The topological polar surface area (TPSA) is 80.3 Å². The third-order valence-electron chi connectivity index (χ3n) is 4.83. The summed E-state index contributed by atoms with van der Waals surface area (Å²) >= 11 is 0. The van der Waals surface area contributed by atoms with Crippen molar-refractivity contribution < 1.29 is 9.47 Å². The fourth-order valence-corrected chi connectivity index (χ4v) is 3.22. The smallest absolute Gasteiger partial charge is 0.332 e. The van der Waals surface area contributed by atoms with Crippen LogP contribution >= 0.6 is 0 Å². The van der Waals surface area contributed by atoms with Gasteiger partial charge in [-0.05, 0) is 30.9 Å². The highest BCUT2D eigenvalue weighted by atomic mass is 16.5. The standard InChI is InChI=1S/C21H28N4O4/c1-6-11-25-19(26)17-18(23(4)21(25)27)22-20(24(17)12-10-14(2)3)29-16-9-7-8-15(13-16)28-5/h7-9,13-14H,6,10-12H2,1-5H3. The van der Waals surface area contributed by atoms with Crippen molar-refractivity contribution in [3.8, 4) is 17.5 Å². The van der Waals surface area contributed by atoms with Gasteiger partial charge in [-0.1, -0.05) is 26.8 Å². The maximum Gasteiger partial charge on any atom is 0.332 e. The van der Waals surface area contributed by atoms with Crippen molar-refractivity contribution in [3.05, 3.63) is 45.1 Å². The van der Waals surface area contributed by atoms with Crippen molar-refractivity contribution in [2.24, 2.45) is 13.0 Å². The molecule has 0 bridgehead atoms. The summed E-state index contributed by atoms with van der Waals surface area (Å²) in [7, 11) is 3.22. The number of ether oxygens (including phenoxy) is 2.